The molecular formula is C42H58N4O9S. The lowest BCUT2D eigenvalue weighted by Gasteiger charge is -2.31. The number of carbonyl (C=O) groups excluding carboxylic acids is 4. The van der Waals surface area contributed by atoms with Gasteiger partial charge in [-0.3, -0.25) is 19.1 Å². The number of aryl methyl sites for hydroxylation is 1. The highest BCUT2D eigenvalue weighted by molar-refractivity contribution is 7.91. The molecule has 306 valence electrons. The van der Waals surface area contributed by atoms with Gasteiger partial charge < -0.3 is 29.7 Å². The Hall–Kier alpha value is -3.91. The molecule has 3 N–H and O–H groups in total. The van der Waals surface area contributed by atoms with Crippen molar-refractivity contribution in [3.8, 4) is 5.75 Å². The Labute approximate surface area is 330 Å². The molecule has 2 aromatic rings. The van der Waals surface area contributed by atoms with E-state index in [1.165, 1.54) is 4.90 Å². The smallest absolute Gasteiger partial charge is 0.407 e. The lowest BCUT2D eigenvalue weighted by atomic mass is 9.83. The second kappa shape index (κ2) is 15.8. The fourth-order valence-electron chi connectivity index (χ4n) is 9.17. The van der Waals surface area contributed by atoms with Crippen molar-refractivity contribution in [1.82, 2.24) is 20.3 Å². The van der Waals surface area contributed by atoms with Crippen LogP contribution in [0.15, 0.2) is 30.3 Å². The minimum Gasteiger partial charge on any atom is -0.496 e. The van der Waals surface area contributed by atoms with Crippen molar-refractivity contribution in [1.29, 1.82) is 0 Å². The van der Waals surface area contributed by atoms with Crippen LogP contribution < -0.4 is 20.1 Å². The zero-order valence-corrected chi connectivity index (χ0v) is 34.1. The zero-order chi connectivity index (χ0) is 39.9. The largest absolute Gasteiger partial charge is 0.496 e. The first-order chi connectivity index (χ1) is 26.7. The molecule has 7 rings (SSSR count). The van der Waals surface area contributed by atoms with Gasteiger partial charge in [0.15, 0.2) is 0 Å². The number of alkyl carbamates (subject to hydrolysis) is 1. The van der Waals surface area contributed by atoms with Crippen LogP contribution in [0.5, 0.6) is 5.75 Å². The van der Waals surface area contributed by atoms with E-state index in [2.05, 4.69) is 41.3 Å². The van der Waals surface area contributed by atoms with Crippen molar-refractivity contribution in [3.05, 3.63) is 41.5 Å². The summed E-state index contributed by atoms with van der Waals surface area (Å²) in [6.07, 6.45) is 9.03. The summed E-state index contributed by atoms with van der Waals surface area (Å²) in [5, 5.41) is 7.19. The minimum atomic E-state index is -3.87. The Morgan fingerprint density at radius 3 is 2.39 bits per heavy atom. The van der Waals surface area contributed by atoms with Crippen molar-refractivity contribution in [2.45, 2.75) is 139 Å². The molecule has 2 saturated carbocycles. The molecule has 4 amide bonds. The molecule has 14 heteroatoms. The van der Waals surface area contributed by atoms with E-state index in [1.54, 1.807) is 14.2 Å². The van der Waals surface area contributed by atoms with E-state index >= 15 is 0 Å². The topological polar surface area (TPSA) is 169 Å². The third kappa shape index (κ3) is 8.37. The molecule has 2 saturated heterocycles. The van der Waals surface area contributed by atoms with E-state index in [9.17, 15) is 27.6 Å². The Morgan fingerprint density at radius 2 is 1.66 bits per heavy atom. The molecule has 3 heterocycles. The Kier molecular flexibility index (Phi) is 11.4. The van der Waals surface area contributed by atoms with Gasteiger partial charge in [-0.15, -0.1) is 0 Å². The molecule has 3 aliphatic heterocycles. The van der Waals surface area contributed by atoms with Gasteiger partial charge in [0.2, 0.25) is 21.8 Å². The lowest BCUT2D eigenvalue weighted by Crippen LogP contribution is -2.58. The van der Waals surface area contributed by atoms with Gasteiger partial charge in [-0.2, -0.15) is 0 Å². The minimum absolute atomic E-state index is 0.00897. The number of hydrogen-bond donors (Lipinski definition) is 3. The average Bonchev–Trinajstić information content (AvgIpc) is 4.09. The molecular weight excluding hydrogens is 737 g/mol. The molecule has 0 unspecified atom stereocenters. The Bertz CT molecular complexity index is 1970. The number of cyclic esters (lactones) is 1. The highest BCUT2D eigenvalue weighted by Gasteiger charge is 2.63. The lowest BCUT2D eigenvalue weighted by molar-refractivity contribution is -0.141. The maximum absolute atomic E-state index is 14.8. The maximum Gasteiger partial charge on any atom is 0.407 e. The van der Waals surface area contributed by atoms with Gasteiger partial charge >= 0.3 is 6.09 Å². The van der Waals surface area contributed by atoms with Crippen LogP contribution in [0.4, 0.5) is 4.79 Å². The zero-order valence-electron chi connectivity index (χ0n) is 33.2. The summed E-state index contributed by atoms with van der Waals surface area (Å²) in [5.74, 6) is -1.16. The second-order valence-electron chi connectivity index (χ2n) is 17.6. The van der Waals surface area contributed by atoms with E-state index in [4.69, 9.17) is 14.2 Å². The van der Waals surface area contributed by atoms with E-state index in [-0.39, 0.29) is 30.9 Å². The van der Waals surface area contributed by atoms with Crippen molar-refractivity contribution in [2.75, 3.05) is 27.4 Å². The molecule has 13 nitrogen and oxygen atoms in total. The molecule has 0 spiro atoms. The fourth-order valence-corrected chi connectivity index (χ4v) is 10.5. The van der Waals surface area contributed by atoms with Crippen LogP contribution in [0.1, 0.15) is 115 Å². The van der Waals surface area contributed by atoms with E-state index < -0.39 is 62.3 Å². The van der Waals surface area contributed by atoms with Crippen molar-refractivity contribution >= 4 is 44.6 Å². The number of fused-ring (bicyclic) bond motifs is 6. The number of ether oxygens (including phenoxy) is 3. The highest BCUT2D eigenvalue weighted by Crippen LogP contribution is 2.49. The normalized spacial score (nSPS) is 30.5. The molecule has 0 radical (unpaired) electrons. The van der Waals surface area contributed by atoms with Crippen LogP contribution in [-0.2, 0) is 45.9 Å². The van der Waals surface area contributed by atoms with Gasteiger partial charge in [0.05, 0.1) is 25.5 Å². The van der Waals surface area contributed by atoms with Crippen molar-refractivity contribution in [3.63, 3.8) is 0 Å². The summed E-state index contributed by atoms with van der Waals surface area (Å²) < 4.78 is 46.0. The second-order valence-corrected chi connectivity index (χ2v) is 19.6. The van der Waals surface area contributed by atoms with Gasteiger partial charge in [-0.1, -0.05) is 58.1 Å². The third-order valence-corrected chi connectivity index (χ3v) is 14.9. The molecule has 4 fully saturated rings. The number of benzene rings is 2. The first kappa shape index (κ1) is 40.3. The van der Waals surface area contributed by atoms with Crippen LogP contribution in [0.2, 0.25) is 0 Å². The van der Waals surface area contributed by atoms with E-state index in [0.717, 1.165) is 72.6 Å². The number of sulfonamides is 1. The standard InChI is InChI=1S/C42H58N4O9S/c1-40(2)18-10-11-28-21-29-22-30(15-14-27(29)23-35(28)53-3)41(54-4)25-34-36(47)44-42(38(49)45-56(51,52)32-16-17-32)24-31(42)12-8-6-5-7-9-13-33(37(48)46(34)26-41)43-39(50)55-20-19-40/h14-15,21-23,31-34H,5-13,16-20,24-26H2,1-4H3,(H,43,50)(H,44,47)(H,45,49)/t31-,33-,34-,41-,42+/m0/s1. The van der Waals surface area contributed by atoms with Crippen LogP contribution in [0, 0.1) is 11.3 Å². The predicted octanol–water partition coefficient (Wildman–Crippen LogP) is 5.37. The van der Waals surface area contributed by atoms with Gasteiger partial charge in [-0.25, -0.2) is 13.2 Å². The van der Waals surface area contributed by atoms with Crippen molar-refractivity contribution < 1.29 is 41.8 Å². The molecule has 56 heavy (non-hydrogen) atoms. The number of rotatable bonds is 5. The molecule has 0 aromatic heterocycles. The first-order valence-electron chi connectivity index (χ1n) is 20.5. The van der Waals surface area contributed by atoms with Gasteiger partial charge in [0.1, 0.15) is 29.0 Å². The Balaban J connectivity index is 1.29. The molecule has 6 bridgehead atoms. The number of amides is 4. The monoisotopic (exact) mass is 794 g/mol. The number of nitrogens with one attached hydrogen (secondary N) is 3. The van der Waals surface area contributed by atoms with Crippen LogP contribution >= 0.6 is 0 Å². The highest BCUT2D eigenvalue weighted by atomic mass is 32.2. The number of nitrogens with zero attached hydrogens (tertiary/aromatic N) is 1. The fraction of sp³-hybridized carbons (Fsp3) is 0.667. The predicted molar refractivity (Wildman–Crippen MR) is 210 cm³/mol. The summed E-state index contributed by atoms with van der Waals surface area (Å²) in [7, 11) is -0.630. The summed E-state index contributed by atoms with van der Waals surface area (Å²) in [6.45, 7) is 4.51. The Morgan fingerprint density at radius 1 is 0.911 bits per heavy atom. The maximum atomic E-state index is 14.8. The van der Waals surface area contributed by atoms with Crippen molar-refractivity contribution in [2.24, 2.45) is 11.3 Å². The summed E-state index contributed by atoms with van der Waals surface area (Å²) >= 11 is 0. The summed E-state index contributed by atoms with van der Waals surface area (Å²) in [4.78, 5) is 58.2. The van der Waals surface area contributed by atoms with Gasteiger partial charge in [0, 0.05) is 13.5 Å². The van der Waals surface area contributed by atoms with Crippen LogP contribution in [0.25, 0.3) is 10.8 Å². The number of hydrogen-bond acceptors (Lipinski definition) is 9. The summed E-state index contributed by atoms with van der Waals surface area (Å²) in [5.41, 5.74) is -0.794. The van der Waals surface area contributed by atoms with Gasteiger partial charge in [0.25, 0.3) is 5.91 Å². The quantitative estimate of drug-likeness (QED) is 0.361. The molecule has 5 atom stereocenters. The van der Waals surface area contributed by atoms with E-state index in [0.29, 0.717) is 44.9 Å². The SMILES string of the molecule is COc1cc2ccc3cc2cc1CCCC(C)(C)CCOC(=O)N[C@H]1CCCCCCC[C@H]2C[C@@]2(C(=O)NS(=O)(=O)C2CC2)NC(=O)[C@@H]2C[C@]3(OC)CN2C1=O. The number of carbonyl (C=O) groups is 4. The van der Waals surface area contributed by atoms with E-state index in [1.807, 2.05) is 18.2 Å². The molecule has 2 aliphatic carbocycles. The third-order valence-electron chi connectivity index (χ3n) is 13.1. The van der Waals surface area contributed by atoms with Crippen LogP contribution in [0.3, 0.4) is 0 Å². The number of methoxy groups -OCH3 is 2. The average molecular weight is 795 g/mol. The first-order valence-corrected chi connectivity index (χ1v) is 22.0. The molecule has 2 aromatic carbocycles. The van der Waals surface area contributed by atoms with Crippen LogP contribution in [-0.4, -0.2) is 87.4 Å². The van der Waals surface area contributed by atoms with Gasteiger partial charge in [-0.05, 0) is 109 Å². The molecule has 5 aliphatic rings. The summed E-state index contributed by atoms with van der Waals surface area (Å²) in [6, 6.07) is 8.12.